The van der Waals surface area contributed by atoms with Crippen LogP contribution in [-0.4, -0.2) is 25.2 Å². The molecule has 7 heteroatoms. The molecule has 126 valence electrons. The third-order valence-electron chi connectivity index (χ3n) is 2.82. The molecule has 0 unspecified atom stereocenters. The molecule has 2 rings (SSSR count). The van der Waals surface area contributed by atoms with E-state index < -0.39 is 11.9 Å². The zero-order valence-corrected chi connectivity index (χ0v) is 15.9. The van der Waals surface area contributed by atoms with E-state index in [1.165, 1.54) is 6.07 Å². The molecule has 2 aromatic rings. The monoisotopic (exact) mass is 456 g/mol. The zero-order valence-electron chi connectivity index (χ0n) is 12.8. The van der Waals surface area contributed by atoms with Crippen molar-refractivity contribution in [3.8, 4) is 11.5 Å². The van der Waals surface area contributed by atoms with Crippen LogP contribution in [0.15, 0.2) is 51.4 Å². The highest BCUT2D eigenvalue weighted by molar-refractivity contribution is 9.11. The number of esters is 2. The van der Waals surface area contributed by atoms with Gasteiger partial charge in [-0.25, -0.2) is 9.59 Å². The van der Waals surface area contributed by atoms with E-state index in [2.05, 4.69) is 31.9 Å². The van der Waals surface area contributed by atoms with Crippen LogP contribution >= 0.6 is 31.9 Å². The molecule has 24 heavy (non-hydrogen) atoms. The first-order chi connectivity index (χ1) is 11.5. The summed E-state index contributed by atoms with van der Waals surface area (Å²) in [6.45, 7) is 1.74. The first-order valence-electron chi connectivity index (χ1n) is 7.05. The van der Waals surface area contributed by atoms with Crippen molar-refractivity contribution < 1.29 is 23.8 Å². The maximum absolute atomic E-state index is 11.9. The van der Waals surface area contributed by atoms with Crippen LogP contribution < -0.4 is 9.47 Å². The molecule has 0 bridgehead atoms. The smallest absolute Gasteiger partial charge is 0.349 e. The van der Waals surface area contributed by atoms with Gasteiger partial charge in [-0.1, -0.05) is 22.0 Å². The third kappa shape index (κ3) is 5.35. The molecule has 0 atom stereocenters. The Morgan fingerprint density at radius 1 is 1.08 bits per heavy atom. The Morgan fingerprint density at radius 3 is 2.58 bits per heavy atom. The molecule has 0 saturated carbocycles. The molecule has 0 spiro atoms. The fraction of sp³-hybridized carbons (Fsp3) is 0.176. The number of halogens is 2. The summed E-state index contributed by atoms with van der Waals surface area (Å²) in [5.41, 5.74) is 0.318. The van der Waals surface area contributed by atoms with Gasteiger partial charge in [-0.3, -0.25) is 0 Å². The van der Waals surface area contributed by atoms with Gasteiger partial charge < -0.3 is 14.2 Å². The van der Waals surface area contributed by atoms with Crippen molar-refractivity contribution in [2.75, 3.05) is 13.2 Å². The topological polar surface area (TPSA) is 61.8 Å². The van der Waals surface area contributed by atoms with Gasteiger partial charge in [0.1, 0.15) is 11.5 Å². The highest BCUT2D eigenvalue weighted by Gasteiger charge is 2.11. The zero-order chi connectivity index (χ0) is 17.5. The molecule has 0 aliphatic rings. The summed E-state index contributed by atoms with van der Waals surface area (Å²) in [6.07, 6.45) is 0. The predicted octanol–water partition coefficient (Wildman–Crippen LogP) is 4.37. The number of rotatable bonds is 6. The molecule has 0 aliphatic heterocycles. The van der Waals surface area contributed by atoms with Crippen molar-refractivity contribution in [3.63, 3.8) is 0 Å². The molecular formula is C17H14Br2O5. The largest absolute Gasteiger partial charge is 0.481 e. The Labute approximate surface area is 156 Å². The SMILES string of the molecule is CCOC(=O)c1cccc(OC(=O)COc2ccc(Br)cc2Br)c1. The highest BCUT2D eigenvalue weighted by Crippen LogP contribution is 2.28. The minimum absolute atomic E-state index is 0.254. The summed E-state index contributed by atoms with van der Waals surface area (Å²) in [7, 11) is 0. The minimum Gasteiger partial charge on any atom is -0.481 e. The van der Waals surface area contributed by atoms with Gasteiger partial charge in [-0.2, -0.15) is 0 Å². The maximum atomic E-state index is 11.9. The second-order valence-electron chi connectivity index (χ2n) is 4.59. The Hall–Kier alpha value is -1.86. The van der Waals surface area contributed by atoms with Crippen LogP contribution in [0.5, 0.6) is 11.5 Å². The van der Waals surface area contributed by atoms with Gasteiger partial charge in [-0.15, -0.1) is 0 Å². The van der Waals surface area contributed by atoms with Crippen molar-refractivity contribution in [1.82, 2.24) is 0 Å². The van der Waals surface area contributed by atoms with E-state index in [1.54, 1.807) is 37.3 Å². The summed E-state index contributed by atoms with van der Waals surface area (Å²) < 4.78 is 17.1. The molecule has 0 aliphatic carbocycles. The molecule has 0 aromatic heterocycles. The van der Waals surface area contributed by atoms with E-state index in [0.29, 0.717) is 15.8 Å². The molecule has 0 heterocycles. The normalized spacial score (nSPS) is 10.1. The van der Waals surface area contributed by atoms with E-state index in [1.807, 2.05) is 6.07 Å². The van der Waals surface area contributed by atoms with Crippen molar-refractivity contribution in [1.29, 1.82) is 0 Å². The fourth-order valence-electron chi connectivity index (χ4n) is 1.79. The average molecular weight is 458 g/mol. The summed E-state index contributed by atoms with van der Waals surface area (Å²) in [6, 6.07) is 11.6. The van der Waals surface area contributed by atoms with Gasteiger partial charge in [0.2, 0.25) is 0 Å². The van der Waals surface area contributed by atoms with Crippen LogP contribution in [0.3, 0.4) is 0 Å². The lowest BCUT2D eigenvalue weighted by molar-refractivity contribution is -0.136. The first-order valence-corrected chi connectivity index (χ1v) is 8.64. The average Bonchev–Trinajstić information content (AvgIpc) is 2.54. The second-order valence-corrected chi connectivity index (χ2v) is 6.36. The first kappa shape index (κ1) is 18.5. The van der Waals surface area contributed by atoms with Crippen molar-refractivity contribution in [2.45, 2.75) is 6.92 Å². The number of hydrogen-bond donors (Lipinski definition) is 0. The summed E-state index contributed by atoms with van der Waals surface area (Å²) in [5.74, 6) is -0.268. The molecule has 0 N–H and O–H groups in total. The Balaban J connectivity index is 1.95. The van der Waals surface area contributed by atoms with Crippen LogP contribution in [0.2, 0.25) is 0 Å². The molecule has 5 nitrogen and oxygen atoms in total. The van der Waals surface area contributed by atoms with Crippen molar-refractivity contribution in [2.24, 2.45) is 0 Å². The predicted molar refractivity (Wildman–Crippen MR) is 95.4 cm³/mol. The van der Waals surface area contributed by atoms with Gasteiger partial charge in [0.25, 0.3) is 0 Å². The van der Waals surface area contributed by atoms with Crippen LogP contribution in [0.25, 0.3) is 0 Å². The Morgan fingerprint density at radius 2 is 1.88 bits per heavy atom. The molecule has 0 amide bonds. The van der Waals surface area contributed by atoms with E-state index in [4.69, 9.17) is 14.2 Å². The number of carbonyl (C=O) groups is 2. The number of benzene rings is 2. The van der Waals surface area contributed by atoms with Gasteiger partial charge >= 0.3 is 11.9 Å². The Kier molecular flexibility index (Phi) is 6.81. The van der Waals surface area contributed by atoms with E-state index in [0.717, 1.165) is 4.47 Å². The van der Waals surface area contributed by atoms with Crippen molar-refractivity contribution >= 4 is 43.8 Å². The van der Waals surface area contributed by atoms with Crippen LogP contribution in [0.4, 0.5) is 0 Å². The Bertz CT molecular complexity index is 746. The maximum Gasteiger partial charge on any atom is 0.349 e. The molecular weight excluding hydrogens is 444 g/mol. The summed E-state index contributed by atoms with van der Waals surface area (Å²) in [5, 5.41) is 0. The van der Waals surface area contributed by atoms with E-state index in [9.17, 15) is 9.59 Å². The van der Waals surface area contributed by atoms with Crippen LogP contribution in [-0.2, 0) is 9.53 Å². The number of carbonyl (C=O) groups excluding carboxylic acids is 2. The number of ether oxygens (including phenoxy) is 3. The van der Waals surface area contributed by atoms with Gasteiger partial charge in [0, 0.05) is 4.47 Å². The standard InChI is InChI=1S/C17H14Br2O5/c1-2-22-17(21)11-4-3-5-13(8-11)24-16(20)10-23-15-7-6-12(18)9-14(15)19/h3-9H,2,10H2,1H3. The molecule has 0 saturated heterocycles. The van der Waals surface area contributed by atoms with E-state index in [-0.39, 0.29) is 19.0 Å². The van der Waals surface area contributed by atoms with Gasteiger partial charge in [0.15, 0.2) is 6.61 Å². The second kappa shape index (κ2) is 8.84. The highest BCUT2D eigenvalue weighted by atomic mass is 79.9. The lowest BCUT2D eigenvalue weighted by atomic mass is 10.2. The molecule has 2 aromatic carbocycles. The van der Waals surface area contributed by atoms with Crippen LogP contribution in [0, 0.1) is 0 Å². The lowest BCUT2D eigenvalue weighted by Gasteiger charge is -2.09. The molecule has 0 radical (unpaired) electrons. The summed E-state index contributed by atoms with van der Waals surface area (Å²) >= 11 is 6.68. The molecule has 0 fully saturated rings. The summed E-state index contributed by atoms with van der Waals surface area (Å²) in [4.78, 5) is 23.5. The van der Waals surface area contributed by atoms with Gasteiger partial charge in [-0.05, 0) is 59.3 Å². The number of hydrogen-bond acceptors (Lipinski definition) is 5. The fourth-order valence-corrected chi connectivity index (χ4v) is 2.95. The quantitative estimate of drug-likeness (QED) is 0.476. The van der Waals surface area contributed by atoms with Crippen molar-refractivity contribution in [3.05, 3.63) is 57.0 Å². The van der Waals surface area contributed by atoms with E-state index >= 15 is 0 Å². The lowest BCUT2D eigenvalue weighted by Crippen LogP contribution is -2.18. The van der Waals surface area contributed by atoms with Crippen LogP contribution in [0.1, 0.15) is 17.3 Å². The third-order valence-corrected chi connectivity index (χ3v) is 3.93. The van der Waals surface area contributed by atoms with Gasteiger partial charge in [0.05, 0.1) is 16.6 Å². The minimum atomic E-state index is -0.578.